The first-order valence-electron chi connectivity index (χ1n) is 8.35. The molecule has 130 valence electrons. The highest BCUT2D eigenvalue weighted by atomic mass is 127. The highest BCUT2D eigenvalue weighted by Gasteiger charge is 2.38. The first kappa shape index (κ1) is 18.9. The van der Waals surface area contributed by atoms with Crippen LogP contribution in [0.3, 0.4) is 0 Å². The van der Waals surface area contributed by atoms with Crippen molar-refractivity contribution < 1.29 is 0 Å². The SMILES string of the molecule is CCc1nc(CNC(=NC)NC2CC(C)N(C3CC3)C2)cs1.I. The van der Waals surface area contributed by atoms with E-state index in [1.165, 1.54) is 24.3 Å². The smallest absolute Gasteiger partial charge is 0.191 e. The van der Waals surface area contributed by atoms with E-state index in [4.69, 9.17) is 0 Å². The van der Waals surface area contributed by atoms with Gasteiger partial charge in [-0.1, -0.05) is 6.92 Å². The first-order valence-corrected chi connectivity index (χ1v) is 9.23. The Hall–Kier alpha value is -0.410. The van der Waals surface area contributed by atoms with Crippen molar-refractivity contribution in [1.29, 1.82) is 0 Å². The maximum Gasteiger partial charge on any atom is 0.191 e. The maximum absolute atomic E-state index is 4.59. The van der Waals surface area contributed by atoms with Crippen LogP contribution in [0.15, 0.2) is 10.4 Å². The van der Waals surface area contributed by atoms with E-state index in [1.807, 2.05) is 7.05 Å². The number of rotatable bonds is 5. The van der Waals surface area contributed by atoms with E-state index in [1.54, 1.807) is 11.3 Å². The van der Waals surface area contributed by atoms with E-state index in [9.17, 15) is 0 Å². The lowest BCUT2D eigenvalue weighted by Crippen LogP contribution is -2.44. The lowest BCUT2D eigenvalue weighted by atomic mass is 10.2. The fourth-order valence-corrected chi connectivity index (χ4v) is 3.98. The Kier molecular flexibility index (Phi) is 7.09. The van der Waals surface area contributed by atoms with Crippen molar-refractivity contribution in [2.24, 2.45) is 4.99 Å². The van der Waals surface area contributed by atoms with Crippen molar-refractivity contribution in [3.8, 4) is 0 Å². The van der Waals surface area contributed by atoms with Crippen molar-refractivity contribution in [3.05, 3.63) is 16.1 Å². The van der Waals surface area contributed by atoms with Crippen LogP contribution in [0.1, 0.15) is 43.8 Å². The van der Waals surface area contributed by atoms with Gasteiger partial charge in [-0.25, -0.2) is 4.98 Å². The summed E-state index contributed by atoms with van der Waals surface area (Å²) in [5.41, 5.74) is 1.10. The second-order valence-electron chi connectivity index (χ2n) is 6.37. The third-order valence-corrected chi connectivity index (χ3v) is 5.58. The van der Waals surface area contributed by atoms with E-state index in [0.29, 0.717) is 12.1 Å². The van der Waals surface area contributed by atoms with Gasteiger partial charge in [0, 0.05) is 37.1 Å². The molecule has 2 fully saturated rings. The van der Waals surface area contributed by atoms with Crippen LogP contribution in [0.2, 0.25) is 0 Å². The van der Waals surface area contributed by atoms with E-state index in [2.05, 4.69) is 44.7 Å². The predicted molar refractivity (Wildman–Crippen MR) is 108 cm³/mol. The molecule has 1 saturated heterocycles. The summed E-state index contributed by atoms with van der Waals surface area (Å²) < 4.78 is 0. The van der Waals surface area contributed by atoms with Crippen LogP contribution in [0.4, 0.5) is 0 Å². The molecule has 3 rings (SSSR count). The summed E-state index contributed by atoms with van der Waals surface area (Å²) in [6.07, 6.45) is 4.98. The van der Waals surface area contributed by atoms with Crippen LogP contribution in [0.25, 0.3) is 0 Å². The van der Waals surface area contributed by atoms with Crippen molar-refractivity contribution in [2.45, 2.75) is 64.2 Å². The van der Waals surface area contributed by atoms with Gasteiger partial charge in [-0.2, -0.15) is 0 Å². The van der Waals surface area contributed by atoms with Gasteiger partial charge >= 0.3 is 0 Å². The highest BCUT2D eigenvalue weighted by molar-refractivity contribution is 14.0. The molecular formula is C16H28IN5S. The maximum atomic E-state index is 4.59. The summed E-state index contributed by atoms with van der Waals surface area (Å²) in [5.74, 6) is 0.890. The Morgan fingerprint density at radius 2 is 2.26 bits per heavy atom. The quantitative estimate of drug-likeness (QED) is 0.412. The molecule has 0 bridgehead atoms. The fourth-order valence-electron chi connectivity index (χ4n) is 3.23. The molecule has 2 N–H and O–H groups in total. The highest BCUT2D eigenvalue weighted by Crippen LogP contribution is 2.33. The minimum absolute atomic E-state index is 0. The summed E-state index contributed by atoms with van der Waals surface area (Å²) in [7, 11) is 1.84. The summed E-state index contributed by atoms with van der Waals surface area (Å²) in [4.78, 5) is 11.6. The zero-order chi connectivity index (χ0) is 15.5. The second kappa shape index (κ2) is 8.62. The van der Waals surface area contributed by atoms with Crippen LogP contribution < -0.4 is 10.6 Å². The topological polar surface area (TPSA) is 52.6 Å². The molecule has 2 unspecified atom stereocenters. The molecule has 0 aromatic carbocycles. The summed E-state index contributed by atoms with van der Waals surface area (Å²) >= 11 is 1.73. The molecule has 7 heteroatoms. The molecule has 1 aromatic heterocycles. The molecule has 23 heavy (non-hydrogen) atoms. The minimum Gasteiger partial charge on any atom is -0.352 e. The number of aromatic nitrogens is 1. The van der Waals surface area contributed by atoms with Crippen molar-refractivity contribution in [2.75, 3.05) is 13.6 Å². The Morgan fingerprint density at radius 3 is 2.87 bits per heavy atom. The molecule has 5 nitrogen and oxygen atoms in total. The number of aliphatic imine (C=N–C) groups is 1. The van der Waals surface area contributed by atoms with E-state index < -0.39 is 0 Å². The van der Waals surface area contributed by atoms with Gasteiger partial charge in [0.1, 0.15) is 0 Å². The number of nitrogens with one attached hydrogen (secondary N) is 2. The molecule has 1 aliphatic heterocycles. The van der Waals surface area contributed by atoms with Crippen molar-refractivity contribution in [1.82, 2.24) is 20.5 Å². The van der Waals surface area contributed by atoms with Gasteiger partial charge < -0.3 is 10.6 Å². The van der Waals surface area contributed by atoms with Gasteiger partial charge in [0.05, 0.1) is 17.2 Å². The average Bonchev–Trinajstić information content (AvgIpc) is 3.14. The van der Waals surface area contributed by atoms with Gasteiger partial charge in [0.25, 0.3) is 0 Å². The molecule has 2 atom stereocenters. The van der Waals surface area contributed by atoms with Gasteiger partial charge in [0.2, 0.25) is 0 Å². The minimum atomic E-state index is 0. The lowest BCUT2D eigenvalue weighted by Gasteiger charge is -2.20. The molecule has 1 saturated carbocycles. The lowest BCUT2D eigenvalue weighted by molar-refractivity contribution is 0.256. The number of nitrogens with zero attached hydrogens (tertiary/aromatic N) is 3. The monoisotopic (exact) mass is 449 g/mol. The molecule has 1 aromatic rings. The van der Waals surface area contributed by atoms with E-state index in [-0.39, 0.29) is 24.0 Å². The second-order valence-corrected chi connectivity index (χ2v) is 7.31. The number of guanidine groups is 1. The number of hydrogen-bond donors (Lipinski definition) is 2. The zero-order valence-electron chi connectivity index (χ0n) is 14.2. The van der Waals surface area contributed by atoms with Gasteiger partial charge in [-0.05, 0) is 32.6 Å². The standard InChI is InChI=1S/C16H27N5S.HI/c1-4-15-19-13(10-22-15)8-18-16(17-3)20-12-7-11(2)21(9-12)14-5-6-14;/h10-12,14H,4-9H2,1-3H3,(H2,17,18,20);1H. The summed E-state index contributed by atoms with van der Waals surface area (Å²) in [5, 5.41) is 10.3. The molecule has 2 heterocycles. The Bertz CT molecular complexity index is 528. The summed E-state index contributed by atoms with van der Waals surface area (Å²) in [6, 6.07) is 2.04. The van der Waals surface area contributed by atoms with Crippen LogP contribution in [0.5, 0.6) is 0 Å². The van der Waals surface area contributed by atoms with Crippen molar-refractivity contribution in [3.63, 3.8) is 0 Å². The molecular weight excluding hydrogens is 421 g/mol. The Labute approximate surface area is 160 Å². The number of hydrogen-bond acceptors (Lipinski definition) is 4. The van der Waals surface area contributed by atoms with Crippen molar-refractivity contribution >= 4 is 41.3 Å². The van der Waals surface area contributed by atoms with Crippen LogP contribution in [-0.4, -0.2) is 47.6 Å². The van der Waals surface area contributed by atoms with Crippen LogP contribution in [0, 0.1) is 0 Å². The first-order chi connectivity index (χ1) is 10.7. The normalized spacial score (nSPS) is 25.3. The number of aryl methyl sites for hydroxylation is 1. The summed E-state index contributed by atoms with van der Waals surface area (Å²) in [6.45, 7) is 6.37. The van der Waals surface area contributed by atoms with Gasteiger partial charge in [-0.15, -0.1) is 35.3 Å². The average molecular weight is 449 g/mol. The largest absolute Gasteiger partial charge is 0.352 e. The number of likely N-dealkylation sites (tertiary alicyclic amines) is 1. The van der Waals surface area contributed by atoms with Gasteiger partial charge in [0.15, 0.2) is 5.96 Å². The van der Waals surface area contributed by atoms with Gasteiger partial charge in [-0.3, -0.25) is 9.89 Å². The Balaban J connectivity index is 0.00000192. The molecule has 0 radical (unpaired) electrons. The number of thiazole rings is 1. The van der Waals surface area contributed by atoms with E-state index in [0.717, 1.165) is 37.2 Å². The zero-order valence-corrected chi connectivity index (χ0v) is 17.4. The predicted octanol–water partition coefficient (Wildman–Crippen LogP) is 2.61. The van der Waals surface area contributed by atoms with Crippen LogP contribution >= 0.6 is 35.3 Å². The molecule has 0 spiro atoms. The third-order valence-electron chi connectivity index (χ3n) is 4.54. The fraction of sp³-hybridized carbons (Fsp3) is 0.750. The van der Waals surface area contributed by atoms with Crippen LogP contribution in [-0.2, 0) is 13.0 Å². The third kappa shape index (κ3) is 5.03. The number of halogens is 1. The molecule has 1 aliphatic carbocycles. The van der Waals surface area contributed by atoms with E-state index >= 15 is 0 Å². The molecule has 0 amide bonds. The molecule has 2 aliphatic rings. The Morgan fingerprint density at radius 1 is 1.48 bits per heavy atom.